The summed E-state index contributed by atoms with van der Waals surface area (Å²) in [6.45, 7) is 1.34. The fourth-order valence-electron chi connectivity index (χ4n) is 3.62. The van der Waals surface area contributed by atoms with Crippen LogP contribution in [0.2, 0.25) is 0 Å². The van der Waals surface area contributed by atoms with Crippen LogP contribution in [0.1, 0.15) is 17.0 Å². The van der Waals surface area contributed by atoms with Crippen molar-refractivity contribution in [2.45, 2.75) is 12.1 Å². The number of carbonyl (C=O) groups excluding carboxylic acids is 1. The van der Waals surface area contributed by atoms with Crippen LogP contribution in [0.5, 0.6) is 5.75 Å². The second-order valence-electron chi connectivity index (χ2n) is 7.07. The molecule has 0 bridgehead atoms. The summed E-state index contributed by atoms with van der Waals surface area (Å²) in [7, 11) is 1.55. The van der Waals surface area contributed by atoms with Crippen LogP contribution in [0.4, 0.5) is 24.5 Å². The third kappa shape index (κ3) is 4.59. The number of nitro benzene ring substituents is 1. The molecule has 1 unspecified atom stereocenters. The van der Waals surface area contributed by atoms with E-state index in [2.05, 4.69) is 0 Å². The molecule has 2 aromatic carbocycles. The van der Waals surface area contributed by atoms with Gasteiger partial charge in [-0.3, -0.25) is 14.9 Å². The van der Waals surface area contributed by atoms with Gasteiger partial charge in [0.25, 0.3) is 5.69 Å². The van der Waals surface area contributed by atoms with Gasteiger partial charge in [-0.2, -0.15) is 18.4 Å². The number of hydrogen-bond acceptors (Lipinski definition) is 6. The number of halogens is 3. The Balaban J connectivity index is 1.80. The van der Waals surface area contributed by atoms with Crippen LogP contribution in [0.25, 0.3) is 0 Å². The highest BCUT2D eigenvalue weighted by atomic mass is 19.4. The number of nitriles is 1. The molecule has 8 nitrogen and oxygen atoms in total. The van der Waals surface area contributed by atoms with Crippen molar-refractivity contribution in [1.29, 1.82) is 5.26 Å². The van der Waals surface area contributed by atoms with E-state index in [0.717, 1.165) is 11.8 Å². The lowest BCUT2D eigenvalue weighted by Gasteiger charge is -2.37. The van der Waals surface area contributed by atoms with Gasteiger partial charge in [0.15, 0.2) is 5.92 Å². The van der Waals surface area contributed by atoms with Gasteiger partial charge >= 0.3 is 6.18 Å². The van der Waals surface area contributed by atoms with Gasteiger partial charge in [0, 0.05) is 32.2 Å². The highest BCUT2D eigenvalue weighted by Gasteiger charge is 2.37. The molecule has 0 aliphatic carbocycles. The molecule has 0 spiro atoms. The van der Waals surface area contributed by atoms with Crippen LogP contribution in [-0.4, -0.2) is 49.0 Å². The van der Waals surface area contributed by atoms with Crippen molar-refractivity contribution >= 4 is 17.3 Å². The van der Waals surface area contributed by atoms with E-state index < -0.39 is 34.2 Å². The van der Waals surface area contributed by atoms with E-state index in [9.17, 15) is 33.3 Å². The summed E-state index contributed by atoms with van der Waals surface area (Å²) < 4.78 is 44.2. The Bertz CT molecular complexity index is 1060. The van der Waals surface area contributed by atoms with Crippen molar-refractivity contribution < 1.29 is 27.6 Å². The number of anilines is 1. The Labute approximate surface area is 181 Å². The first-order valence-corrected chi connectivity index (χ1v) is 9.59. The van der Waals surface area contributed by atoms with Crippen molar-refractivity contribution in [3.05, 3.63) is 63.7 Å². The maximum absolute atomic E-state index is 13.0. The maximum Gasteiger partial charge on any atom is 0.416 e. The molecule has 32 heavy (non-hydrogen) atoms. The highest BCUT2D eigenvalue weighted by molar-refractivity contribution is 5.88. The number of nitrogens with zero attached hydrogens (tertiary/aromatic N) is 4. The number of carbonyl (C=O) groups is 1. The van der Waals surface area contributed by atoms with Gasteiger partial charge in [0.05, 0.1) is 34.9 Å². The second kappa shape index (κ2) is 9.13. The van der Waals surface area contributed by atoms with Crippen molar-refractivity contribution in [3.63, 3.8) is 0 Å². The summed E-state index contributed by atoms with van der Waals surface area (Å²) in [4.78, 5) is 26.7. The molecule has 0 radical (unpaired) electrons. The van der Waals surface area contributed by atoms with Crippen LogP contribution < -0.4 is 9.64 Å². The van der Waals surface area contributed by atoms with E-state index in [1.165, 1.54) is 4.90 Å². The number of benzene rings is 2. The molecule has 1 atom stereocenters. The lowest BCUT2D eigenvalue weighted by molar-refractivity contribution is -0.385. The van der Waals surface area contributed by atoms with Crippen molar-refractivity contribution in [1.82, 2.24) is 4.90 Å². The monoisotopic (exact) mass is 448 g/mol. The molecular formula is C21H19F3N4O4. The molecule has 168 valence electrons. The van der Waals surface area contributed by atoms with E-state index in [1.807, 2.05) is 29.2 Å². The zero-order valence-corrected chi connectivity index (χ0v) is 17.0. The predicted octanol–water partition coefficient (Wildman–Crippen LogP) is 3.58. The standard InChI is InChI=1S/C21H19F3N4O4/c1-32-19-5-3-2-4-17(19)26-8-10-27(11-9-26)20(29)16(13-25)15-7-6-14(21(22,23)24)12-18(15)28(30)31/h2-7,12,16H,8-11H2,1H3. The molecule has 2 aromatic rings. The fraction of sp³-hybridized carbons (Fsp3) is 0.333. The van der Waals surface area contributed by atoms with Crippen LogP contribution in [0.3, 0.4) is 0 Å². The minimum Gasteiger partial charge on any atom is -0.495 e. The summed E-state index contributed by atoms with van der Waals surface area (Å²) in [5, 5.41) is 20.9. The van der Waals surface area contributed by atoms with Gasteiger partial charge in [0.1, 0.15) is 5.75 Å². The topological polar surface area (TPSA) is 99.7 Å². The molecule has 1 amide bonds. The Morgan fingerprint density at radius 1 is 1.19 bits per heavy atom. The first kappa shape index (κ1) is 22.9. The molecule has 0 aromatic heterocycles. The highest BCUT2D eigenvalue weighted by Crippen LogP contribution is 2.36. The number of amides is 1. The molecular weight excluding hydrogens is 429 g/mol. The number of rotatable bonds is 5. The summed E-state index contributed by atoms with van der Waals surface area (Å²) in [5.74, 6) is -1.60. The third-order valence-electron chi connectivity index (χ3n) is 5.26. The molecule has 3 rings (SSSR count). The Hall–Kier alpha value is -3.81. The molecule has 1 aliphatic rings. The number of ether oxygens (including phenoxy) is 1. The minimum atomic E-state index is -4.79. The first-order chi connectivity index (χ1) is 15.2. The van der Waals surface area contributed by atoms with Gasteiger partial charge < -0.3 is 14.5 Å². The number of piperazine rings is 1. The number of hydrogen-bond donors (Lipinski definition) is 0. The minimum absolute atomic E-state index is 0.240. The average molecular weight is 448 g/mol. The third-order valence-corrected chi connectivity index (χ3v) is 5.26. The number of para-hydroxylation sites is 2. The average Bonchev–Trinajstić information content (AvgIpc) is 2.79. The lowest BCUT2D eigenvalue weighted by Crippen LogP contribution is -2.50. The van der Waals surface area contributed by atoms with E-state index in [0.29, 0.717) is 31.0 Å². The van der Waals surface area contributed by atoms with Crippen LogP contribution in [0, 0.1) is 21.4 Å². The van der Waals surface area contributed by atoms with Gasteiger partial charge in [-0.1, -0.05) is 12.1 Å². The molecule has 0 saturated carbocycles. The molecule has 1 saturated heterocycles. The molecule has 1 heterocycles. The molecule has 1 aliphatic heterocycles. The summed E-state index contributed by atoms with van der Waals surface area (Å²) in [6, 6.07) is 10.9. The largest absolute Gasteiger partial charge is 0.495 e. The Kier molecular flexibility index (Phi) is 6.53. The summed E-state index contributed by atoms with van der Waals surface area (Å²) in [5.41, 5.74) is -1.64. The smallest absolute Gasteiger partial charge is 0.416 e. The second-order valence-corrected chi connectivity index (χ2v) is 7.07. The lowest BCUT2D eigenvalue weighted by atomic mass is 9.95. The Morgan fingerprint density at radius 3 is 2.41 bits per heavy atom. The van der Waals surface area contributed by atoms with E-state index in [-0.39, 0.29) is 18.7 Å². The van der Waals surface area contributed by atoms with E-state index in [1.54, 1.807) is 13.2 Å². The van der Waals surface area contributed by atoms with Gasteiger partial charge in [0.2, 0.25) is 5.91 Å². The Morgan fingerprint density at radius 2 is 1.84 bits per heavy atom. The van der Waals surface area contributed by atoms with Gasteiger partial charge in [-0.15, -0.1) is 0 Å². The quantitative estimate of drug-likeness (QED) is 0.512. The van der Waals surface area contributed by atoms with Crippen molar-refractivity contribution in [2.24, 2.45) is 0 Å². The predicted molar refractivity (Wildman–Crippen MR) is 108 cm³/mol. The zero-order valence-electron chi connectivity index (χ0n) is 17.0. The number of nitro groups is 1. The number of alkyl halides is 3. The summed E-state index contributed by atoms with van der Waals surface area (Å²) >= 11 is 0. The summed E-state index contributed by atoms with van der Waals surface area (Å²) in [6.07, 6.45) is -4.79. The fourth-order valence-corrected chi connectivity index (χ4v) is 3.62. The van der Waals surface area contributed by atoms with Crippen LogP contribution >= 0.6 is 0 Å². The van der Waals surface area contributed by atoms with E-state index in [4.69, 9.17) is 4.74 Å². The van der Waals surface area contributed by atoms with Crippen LogP contribution in [-0.2, 0) is 11.0 Å². The zero-order chi connectivity index (χ0) is 23.5. The normalized spacial score (nSPS) is 15.1. The van der Waals surface area contributed by atoms with E-state index >= 15 is 0 Å². The molecule has 11 heteroatoms. The van der Waals surface area contributed by atoms with Crippen molar-refractivity contribution in [3.8, 4) is 11.8 Å². The van der Waals surface area contributed by atoms with Crippen molar-refractivity contribution in [2.75, 3.05) is 38.2 Å². The number of methoxy groups -OCH3 is 1. The van der Waals surface area contributed by atoms with Gasteiger partial charge in [-0.05, 0) is 24.3 Å². The van der Waals surface area contributed by atoms with Gasteiger partial charge in [-0.25, -0.2) is 0 Å². The first-order valence-electron chi connectivity index (χ1n) is 9.59. The SMILES string of the molecule is COc1ccccc1N1CCN(C(=O)C(C#N)c2ccc(C(F)(F)F)cc2[N+](=O)[O-])CC1. The van der Waals surface area contributed by atoms with Crippen LogP contribution in [0.15, 0.2) is 42.5 Å². The molecule has 1 fully saturated rings. The molecule has 0 N–H and O–H groups in total. The maximum atomic E-state index is 13.0.